The number of ether oxygens (including phenoxy) is 2. The molecule has 2 heterocycles. The molecule has 7 heteroatoms. The van der Waals surface area contributed by atoms with Crippen LogP contribution in [-0.4, -0.2) is 41.7 Å². The third kappa shape index (κ3) is 2.83. The number of nitrogens with one attached hydrogen (secondary N) is 1. The van der Waals surface area contributed by atoms with E-state index in [1.165, 1.54) is 19.6 Å². The maximum Gasteiger partial charge on any atom is 0.323 e. The fraction of sp³-hybridized carbons (Fsp3) is 0.500. The zero-order valence-corrected chi connectivity index (χ0v) is 9.98. The second kappa shape index (κ2) is 5.29. The number of aromatic nitrogens is 2. The minimum absolute atomic E-state index is 0.147. The Bertz CT molecular complexity index is 416. The quantitative estimate of drug-likeness (QED) is 0.791. The molecule has 1 saturated heterocycles. The molecule has 0 bridgehead atoms. The van der Waals surface area contributed by atoms with Gasteiger partial charge in [0.05, 0.1) is 13.3 Å². The van der Waals surface area contributed by atoms with Gasteiger partial charge in [-0.1, -0.05) is 11.6 Å². The van der Waals surface area contributed by atoms with Gasteiger partial charge in [0.15, 0.2) is 0 Å². The van der Waals surface area contributed by atoms with Crippen LogP contribution in [0.1, 0.15) is 6.42 Å². The molecule has 1 aliphatic heterocycles. The van der Waals surface area contributed by atoms with Crippen molar-refractivity contribution >= 4 is 17.6 Å². The lowest BCUT2D eigenvalue weighted by atomic mass is 10.2. The molecular formula is C10H12ClN3O3. The molecule has 92 valence electrons. The Morgan fingerprint density at radius 3 is 3.18 bits per heavy atom. The number of esters is 1. The Kier molecular flexibility index (Phi) is 3.75. The van der Waals surface area contributed by atoms with Crippen molar-refractivity contribution in [1.82, 2.24) is 15.3 Å². The number of methoxy groups -OCH3 is 1. The molecule has 1 aromatic rings. The lowest BCUT2D eigenvalue weighted by Crippen LogP contribution is -2.31. The fourth-order valence-corrected chi connectivity index (χ4v) is 1.81. The fourth-order valence-electron chi connectivity index (χ4n) is 1.66. The highest BCUT2D eigenvalue weighted by Crippen LogP contribution is 2.22. The molecular weight excluding hydrogens is 246 g/mol. The summed E-state index contributed by atoms with van der Waals surface area (Å²) in [7, 11) is 1.36. The Morgan fingerprint density at radius 2 is 2.47 bits per heavy atom. The molecule has 6 nitrogen and oxygen atoms in total. The van der Waals surface area contributed by atoms with Gasteiger partial charge in [0.2, 0.25) is 5.88 Å². The molecule has 1 fully saturated rings. The van der Waals surface area contributed by atoms with Crippen LogP contribution in [0.25, 0.3) is 0 Å². The smallest absolute Gasteiger partial charge is 0.323 e. The van der Waals surface area contributed by atoms with Gasteiger partial charge in [-0.05, 0) is 0 Å². The van der Waals surface area contributed by atoms with E-state index in [1.807, 2.05) is 0 Å². The zero-order valence-electron chi connectivity index (χ0n) is 9.22. The Morgan fingerprint density at radius 1 is 1.65 bits per heavy atom. The van der Waals surface area contributed by atoms with E-state index in [2.05, 4.69) is 20.0 Å². The number of nitrogens with zero attached hydrogens (tertiary/aromatic N) is 2. The summed E-state index contributed by atoms with van der Waals surface area (Å²) in [6, 6.07) is -0.328. The average molecular weight is 258 g/mol. The molecule has 0 amide bonds. The number of carbonyl (C=O) groups excluding carboxylic acids is 1. The van der Waals surface area contributed by atoms with E-state index in [-0.39, 0.29) is 18.1 Å². The van der Waals surface area contributed by atoms with E-state index in [9.17, 15) is 4.79 Å². The van der Waals surface area contributed by atoms with E-state index in [0.717, 1.165) is 0 Å². The molecule has 2 atom stereocenters. The second-order valence-electron chi connectivity index (χ2n) is 3.64. The average Bonchev–Trinajstić information content (AvgIpc) is 2.80. The lowest BCUT2D eigenvalue weighted by molar-refractivity contribution is -0.142. The predicted octanol–water partition coefficient (Wildman–Crippen LogP) is 0.412. The van der Waals surface area contributed by atoms with Gasteiger partial charge < -0.3 is 14.8 Å². The molecule has 1 aromatic heterocycles. The summed E-state index contributed by atoms with van der Waals surface area (Å²) < 4.78 is 10.2. The molecule has 1 aliphatic rings. The van der Waals surface area contributed by atoms with Crippen molar-refractivity contribution in [3.8, 4) is 5.88 Å². The van der Waals surface area contributed by atoms with E-state index in [1.54, 1.807) is 0 Å². The lowest BCUT2D eigenvalue weighted by Gasteiger charge is -2.12. The van der Waals surface area contributed by atoms with Gasteiger partial charge in [-0.3, -0.25) is 4.79 Å². The topological polar surface area (TPSA) is 73.3 Å². The summed E-state index contributed by atoms with van der Waals surface area (Å²) in [5.41, 5.74) is 0. The Labute approximate surface area is 103 Å². The van der Waals surface area contributed by atoms with Crippen LogP contribution in [0.4, 0.5) is 0 Å². The van der Waals surface area contributed by atoms with Crippen LogP contribution < -0.4 is 10.1 Å². The number of hydrogen-bond donors (Lipinski definition) is 1. The largest absolute Gasteiger partial charge is 0.472 e. The third-order valence-corrected chi connectivity index (χ3v) is 2.75. The molecule has 1 N–H and O–H groups in total. The van der Waals surface area contributed by atoms with E-state index >= 15 is 0 Å². The van der Waals surface area contributed by atoms with Crippen molar-refractivity contribution in [2.24, 2.45) is 0 Å². The van der Waals surface area contributed by atoms with Gasteiger partial charge in [-0.2, -0.15) is 0 Å². The number of carbonyl (C=O) groups is 1. The van der Waals surface area contributed by atoms with Crippen LogP contribution in [0.5, 0.6) is 5.88 Å². The molecule has 2 unspecified atom stereocenters. The minimum atomic E-state index is -0.328. The van der Waals surface area contributed by atoms with Crippen LogP contribution in [-0.2, 0) is 9.53 Å². The molecule has 0 aromatic carbocycles. The van der Waals surface area contributed by atoms with Crippen LogP contribution in [0.2, 0.25) is 5.02 Å². The maximum absolute atomic E-state index is 11.3. The van der Waals surface area contributed by atoms with E-state index in [0.29, 0.717) is 23.9 Å². The van der Waals surface area contributed by atoms with Gasteiger partial charge in [0.1, 0.15) is 23.5 Å². The second-order valence-corrected chi connectivity index (χ2v) is 4.04. The Balaban J connectivity index is 1.94. The van der Waals surface area contributed by atoms with Crippen molar-refractivity contribution in [1.29, 1.82) is 0 Å². The van der Waals surface area contributed by atoms with Gasteiger partial charge in [0.25, 0.3) is 0 Å². The van der Waals surface area contributed by atoms with Crippen molar-refractivity contribution in [2.75, 3.05) is 13.7 Å². The van der Waals surface area contributed by atoms with E-state index < -0.39 is 0 Å². The molecule has 0 radical (unpaired) electrons. The highest BCUT2D eigenvalue weighted by Gasteiger charge is 2.31. The molecule has 0 spiro atoms. The summed E-state index contributed by atoms with van der Waals surface area (Å²) in [5.74, 6) is 0.0452. The van der Waals surface area contributed by atoms with Gasteiger partial charge in [-0.25, -0.2) is 9.97 Å². The van der Waals surface area contributed by atoms with Crippen molar-refractivity contribution in [2.45, 2.75) is 18.6 Å². The number of hydrogen-bond acceptors (Lipinski definition) is 6. The molecule has 17 heavy (non-hydrogen) atoms. The highest BCUT2D eigenvalue weighted by atomic mass is 35.5. The predicted molar refractivity (Wildman–Crippen MR) is 59.9 cm³/mol. The Hall–Kier alpha value is -1.40. The van der Waals surface area contributed by atoms with Crippen molar-refractivity contribution in [3.63, 3.8) is 0 Å². The first-order valence-corrected chi connectivity index (χ1v) is 5.52. The summed E-state index contributed by atoms with van der Waals surface area (Å²) >= 11 is 5.87. The van der Waals surface area contributed by atoms with E-state index in [4.69, 9.17) is 16.3 Å². The first-order chi connectivity index (χ1) is 8.20. The molecule has 0 aliphatic carbocycles. The summed E-state index contributed by atoms with van der Waals surface area (Å²) in [4.78, 5) is 19.0. The van der Waals surface area contributed by atoms with Crippen molar-refractivity contribution in [3.05, 3.63) is 17.5 Å². The van der Waals surface area contributed by atoms with Gasteiger partial charge >= 0.3 is 5.97 Å². The summed E-state index contributed by atoms with van der Waals surface area (Å²) in [6.45, 7) is 0.556. The standard InChI is InChI=1S/C10H12ClN3O3/c1-16-10(15)8-2-6(3-13-8)17-9-7(11)4-12-5-14-9/h4-6,8,13H,2-3H2,1H3. The van der Waals surface area contributed by atoms with Crippen LogP contribution in [0.3, 0.4) is 0 Å². The first kappa shape index (κ1) is 12.1. The maximum atomic E-state index is 11.3. The van der Waals surface area contributed by atoms with Crippen LogP contribution >= 0.6 is 11.6 Å². The van der Waals surface area contributed by atoms with Gasteiger partial charge in [0, 0.05) is 13.0 Å². The minimum Gasteiger partial charge on any atom is -0.472 e. The summed E-state index contributed by atoms with van der Waals surface area (Å²) in [6.07, 6.45) is 3.21. The summed E-state index contributed by atoms with van der Waals surface area (Å²) in [5, 5.41) is 3.37. The number of halogens is 1. The van der Waals surface area contributed by atoms with Crippen LogP contribution in [0, 0.1) is 0 Å². The number of rotatable bonds is 3. The van der Waals surface area contributed by atoms with Crippen LogP contribution in [0.15, 0.2) is 12.5 Å². The zero-order chi connectivity index (χ0) is 12.3. The SMILES string of the molecule is COC(=O)C1CC(Oc2ncncc2Cl)CN1. The molecule has 2 rings (SSSR count). The monoisotopic (exact) mass is 257 g/mol. The highest BCUT2D eigenvalue weighted by molar-refractivity contribution is 6.31. The van der Waals surface area contributed by atoms with Gasteiger partial charge in [-0.15, -0.1) is 0 Å². The normalized spacial score (nSPS) is 23.4. The molecule has 0 saturated carbocycles. The van der Waals surface area contributed by atoms with Crippen molar-refractivity contribution < 1.29 is 14.3 Å². The third-order valence-electron chi connectivity index (χ3n) is 2.49. The first-order valence-electron chi connectivity index (χ1n) is 5.14.